The van der Waals surface area contributed by atoms with Crippen LogP contribution < -0.4 is 14.8 Å². The first kappa shape index (κ1) is 14.3. The zero-order chi connectivity index (χ0) is 15.4. The van der Waals surface area contributed by atoms with Crippen molar-refractivity contribution in [1.82, 2.24) is 0 Å². The molecule has 1 unspecified atom stereocenters. The fraction of sp³-hybridized carbons (Fsp3) is 0.278. The highest BCUT2D eigenvalue weighted by atomic mass is 16.5. The van der Waals surface area contributed by atoms with Gasteiger partial charge < -0.3 is 14.8 Å². The van der Waals surface area contributed by atoms with Gasteiger partial charge in [0.15, 0.2) is 11.5 Å². The fourth-order valence-corrected chi connectivity index (χ4v) is 2.47. The summed E-state index contributed by atoms with van der Waals surface area (Å²) in [4.78, 5) is 0. The second-order valence-corrected chi connectivity index (χ2v) is 5.28. The number of hydrogen-bond acceptors (Lipinski definition) is 4. The van der Waals surface area contributed by atoms with Crippen molar-refractivity contribution in [2.45, 2.75) is 19.4 Å². The van der Waals surface area contributed by atoms with Gasteiger partial charge in [0, 0.05) is 12.5 Å². The molecule has 1 heterocycles. The lowest BCUT2D eigenvalue weighted by Gasteiger charge is -2.18. The Morgan fingerprint density at radius 2 is 1.86 bits per heavy atom. The maximum Gasteiger partial charge on any atom is 0.161 e. The number of rotatable bonds is 3. The Labute approximate surface area is 130 Å². The number of para-hydroxylation sites is 1. The predicted molar refractivity (Wildman–Crippen MR) is 85.2 cm³/mol. The normalized spacial score (nSPS) is 14.5. The van der Waals surface area contributed by atoms with Gasteiger partial charge in [0.2, 0.25) is 0 Å². The van der Waals surface area contributed by atoms with Gasteiger partial charge in [0.1, 0.15) is 6.07 Å². The Balaban J connectivity index is 1.82. The van der Waals surface area contributed by atoms with E-state index in [4.69, 9.17) is 14.7 Å². The first-order chi connectivity index (χ1) is 10.8. The zero-order valence-corrected chi connectivity index (χ0v) is 12.5. The third kappa shape index (κ3) is 2.99. The van der Waals surface area contributed by atoms with Gasteiger partial charge in [0.25, 0.3) is 0 Å². The monoisotopic (exact) mass is 294 g/mol. The molecule has 0 radical (unpaired) electrons. The molecule has 0 aromatic heterocycles. The summed E-state index contributed by atoms with van der Waals surface area (Å²) in [5.41, 5.74) is 2.57. The van der Waals surface area contributed by atoms with Gasteiger partial charge in [-0.25, -0.2) is 0 Å². The molecule has 22 heavy (non-hydrogen) atoms. The minimum Gasteiger partial charge on any atom is -0.490 e. The number of nitrogens with zero attached hydrogens (tertiary/aromatic N) is 1. The summed E-state index contributed by atoms with van der Waals surface area (Å²) in [5, 5.41) is 12.5. The third-order valence-electron chi connectivity index (χ3n) is 3.69. The first-order valence-electron chi connectivity index (χ1n) is 7.43. The van der Waals surface area contributed by atoms with Gasteiger partial charge >= 0.3 is 0 Å². The van der Waals surface area contributed by atoms with E-state index in [1.165, 1.54) is 0 Å². The number of benzene rings is 2. The topological polar surface area (TPSA) is 54.3 Å². The van der Waals surface area contributed by atoms with Crippen LogP contribution in [-0.2, 0) is 0 Å². The van der Waals surface area contributed by atoms with Gasteiger partial charge in [-0.1, -0.05) is 18.2 Å². The molecule has 0 aliphatic carbocycles. The van der Waals surface area contributed by atoms with E-state index in [2.05, 4.69) is 18.3 Å². The number of nitriles is 1. The summed E-state index contributed by atoms with van der Waals surface area (Å²) in [6.45, 7) is 3.43. The van der Waals surface area contributed by atoms with Crippen LogP contribution in [0.25, 0.3) is 0 Å². The van der Waals surface area contributed by atoms with Crippen molar-refractivity contribution in [2.75, 3.05) is 18.5 Å². The van der Waals surface area contributed by atoms with Crippen LogP contribution in [0.3, 0.4) is 0 Å². The Bertz CT molecular complexity index is 706. The van der Waals surface area contributed by atoms with E-state index in [0.717, 1.165) is 29.2 Å². The highest BCUT2D eigenvalue weighted by Crippen LogP contribution is 2.33. The molecule has 2 aromatic rings. The van der Waals surface area contributed by atoms with Gasteiger partial charge in [-0.3, -0.25) is 0 Å². The quantitative estimate of drug-likeness (QED) is 0.933. The van der Waals surface area contributed by atoms with E-state index < -0.39 is 0 Å². The summed E-state index contributed by atoms with van der Waals surface area (Å²) in [6, 6.07) is 15.8. The minimum absolute atomic E-state index is 0.0617. The molecule has 0 amide bonds. The average Bonchev–Trinajstić information content (AvgIpc) is 2.79. The molecule has 0 saturated heterocycles. The third-order valence-corrected chi connectivity index (χ3v) is 3.69. The van der Waals surface area contributed by atoms with Crippen LogP contribution >= 0.6 is 0 Å². The van der Waals surface area contributed by atoms with Crippen molar-refractivity contribution in [3.8, 4) is 17.6 Å². The molecule has 1 aliphatic rings. The summed E-state index contributed by atoms with van der Waals surface area (Å²) in [6.07, 6.45) is 0.896. The maximum absolute atomic E-state index is 9.16. The van der Waals surface area contributed by atoms with Crippen molar-refractivity contribution >= 4 is 5.69 Å². The van der Waals surface area contributed by atoms with Crippen LogP contribution in [0.2, 0.25) is 0 Å². The Morgan fingerprint density at radius 1 is 1.09 bits per heavy atom. The number of nitrogens with one attached hydrogen (secondary N) is 1. The van der Waals surface area contributed by atoms with Crippen LogP contribution in [0.1, 0.15) is 30.5 Å². The van der Waals surface area contributed by atoms with Crippen LogP contribution in [0, 0.1) is 11.3 Å². The van der Waals surface area contributed by atoms with Crippen LogP contribution in [0.4, 0.5) is 5.69 Å². The standard InChI is InChI=1S/C18H18N2O2/c1-13(20-16-6-3-2-5-15(16)12-19)14-7-8-17-18(11-14)22-10-4-9-21-17/h2-3,5-8,11,13,20H,4,9-10H2,1H3. The molecule has 0 spiro atoms. The fourth-order valence-electron chi connectivity index (χ4n) is 2.47. The molecular formula is C18H18N2O2. The Morgan fingerprint density at radius 3 is 2.68 bits per heavy atom. The molecule has 4 heteroatoms. The number of hydrogen-bond donors (Lipinski definition) is 1. The summed E-state index contributed by atoms with van der Waals surface area (Å²) < 4.78 is 11.4. The van der Waals surface area contributed by atoms with E-state index in [-0.39, 0.29) is 6.04 Å². The molecule has 2 aromatic carbocycles. The molecule has 1 N–H and O–H groups in total. The molecular weight excluding hydrogens is 276 g/mol. The molecule has 0 saturated carbocycles. The van der Waals surface area contributed by atoms with Gasteiger partial charge in [-0.2, -0.15) is 5.26 Å². The van der Waals surface area contributed by atoms with E-state index in [9.17, 15) is 0 Å². The summed E-state index contributed by atoms with van der Waals surface area (Å²) >= 11 is 0. The lowest BCUT2D eigenvalue weighted by atomic mass is 10.1. The van der Waals surface area contributed by atoms with Crippen molar-refractivity contribution in [1.29, 1.82) is 5.26 Å². The van der Waals surface area contributed by atoms with Crippen LogP contribution in [0.5, 0.6) is 11.5 Å². The Kier molecular flexibility index (Phi) is 4.15. The Hall–Kier alpha value is -2.67. The van der Waals surface area contributed by atoms with E-state index in [1.54, 1.807) is 0 Å². The lowest BCUT2D eigenvalue weighted by Crippen LogP contribution is -2.08. The molecule has 1 aliphatic heterocycles. The number of fused-ring (bicyclic) bond motifs is 1. The number of ether oxygens (including phenoxy) is 2. The highest BCUT2D eigenvalue weighted by Gasteiger charge is 2.14. The molecule has 4 nitrogen and oxygen atoms in total. The van der Waals surface area contributed by atoms with E-state index in [0.29, 0.717) is 18.8 Å². The second kappa shape index (κ2) is 6.40. The predicted octanol–water partition coefficient (Wildman–Crippen LogP) is 3.89. The first-order valence-corrected chi connectivity index (χ1v) is 7.43. The molecule has 0 fully saturated rings. The van der Waals surface area contributed by atoms with Crippen LogP contribution in [0.15, 0.2) is 42.5 Å². The van der Waals surface area contributed by atoms with E-state index in [1.807, 2.05) is 42.5 Å². The second-order valence-electron chi connectivity index (χ2n) is 5.28. The van der Waals surface area contributed by atoms with Gasteiger partial charge in [-0.15, -0.1) is 0 Å². The zero-order valence-electron chi connectivity index (χ0n) is 12.5. The largest absolute Gasteiger partial charge is 0.490 e. The highest BCUT2D eigenvalue weighted by molar-refractivity contribution is 5.58. The molecule has 0 bridgehead atoms. The maximum atomic E-state index is 9.16. The molecule has 1 atom stereocenters. The molecule has 3 rings (SSSR count). The van der Waals surface area contributed by atoms with Crippen molar-refractivity contribution in [3.05, 3.63) is 53.6 Å². The SMILES string of the molecule is CC(Nc1ccccc1C#N)c1ccc2c(c1)OCCCO2. The van der Waals surface area contributed by atoms with Gasteiger partial charge in [0.05, 0.1) is 24.5 Å². The smallest absolute Gasteiger partial charge is 0.161 e. The summed E-state index contributed by atoms with van der Waals surface area (Å²) in [5.74, 6) is 1.59. The molecule has 112 valence electrons. The van der Waals surface area contributed by atoms with Crippen LogP contribution in [-0.4, -0.2) is 13.2 Å². The van der Waals surface area contributed by atoms with Crippen molar-refractivity contribution < 1.29 is 9.47 Å². The number of anilines is 1. The average molecular weight is 294 g/mol. The summed E-state index contributed by atoms with van der Waals surface area (Å²) in [7, 11) is 0. The minimum atomic E-state index is 0.0617. The van der Waals surface area contributed by atoms with Crippen molar-refractivity contribution in [2.24, 2.45) is 0 Å². The van der Waals surface area contributed by atoms with Gasteiger partial charge in [-0.05, 0) is 36.8 Å². The van der Waals surface area contributed by atoms with E-state index >= 15 is 0 Å². The van der Waals surface area contributed by atoms with Crippen molar-refractivity contribution in [3.63, 3.8) is 0 Å². The lowest BCUT2D eigenvalue weighted by molar-refractivity contribution is 0.297.